The molecule has 3 aromatic rings. The van der Waals surface area contributed by atoms with Crippen LogP contribution < -0.4 is 20.6 Å². The van der Waals surface area contributed by atoms with E-state index in [4.69, 9.17) is 9.57 Å². The molecule has 1 aliphatic carbocycles. The van der Waals surface area contributed by atoms with Crippen molar-refractivity contribution in [3.63, 3.8) is 0 Å². The zero-order valence-electron chi connectivity index (χ0n) is 21.1. The van der Waals surface area contributed by atoms with Gasteiger partial charge in [0.05, 0.1) is 12.6 Å². The fourth-order valence-electron chi connectivity index (χ4n) is 4.90. The molecule has 8 nitrogen and oxygen atoms in total. The van der Waals surface area contributed by atoms with Crippen molar-refractivity contribution in [3.8, 4) is 5.75 Å². The van der Waals surface area contributed by atoms with Gasteiger partial charge in [0, 0.05) is 30.3 Å². The number of hydrogen-bond acceptors (Lipinski definition) is 5. The lowest BCUT2D eigenvalue weighted by molar-refractivity contribution is -0.121. The Morgan fingerprint density at radius 1 is 1.09 bits per heavy atom. The standard InChI is InChI=1S/C27H36N4O4/c1-19-10-13-21(18-25(19)34-4)28-26(32)20-11-14-22(15-12-20)30-23-8-5-6-9-24(23)31(27(30)33)35-17-7-16-29(2)3/h5-6,8-10,13,18,20,22H,7,11-12,14-17H2,1-4H3,(H,28,32). The number of nitrogens with zero attached hydrogens (tertiary/aromatic N) is 3. The van der Waals surface area contributed by atoms with E-state index in [1.165, 1.54) is 4.73 Å². The molecule has 4 rings (SSSR count). The first-order chi connectivity index (χ1) is 16.9. The fraction of sp³-hybridized carbons (Fsp3) is 0.481. The van der Waals surface area contributed by atoms with Crippen LogP contribution in [0.4, 0.5) is 5.69 Å². The van der Waals surface area contributed by atoms with E-state index >= 15 is 0 Å². The van der Waals surface area contributed by atoms with Crippen molar-refractivity contribution in [2.45, 2.75) is 45.1 Å². The Balaban J connectivity index is 1.44. The highest BCUT2D eigenvalue weighted by molar-refractivity contribution is 5.92. The first-order valence-corrected chi connectivity index (χ1v) is 12.3. The second kappa shape index (κ2) is 11.0. The lowest BCUT2D eigenvalue weighted by Gasteiger charge is -2.28. The molecule has 35 heavy (non-hydrogen) atoms. The minimum absolute atomic E-state index is 0.0216. The third-order valence-corrected chi connectivity index (χ3v) is 6.82. The van der Waals surface area contributed by atoms with Crippen LogP contribution >= 0.6 is 0 Å². The van der Waals surface area contributed by atoms with Crippen LogP contribution in [0.2, 0.25) is 0 Å². The van der Waals surface area contributed by atoms with Crippen LogP contribution in [-0.2, 0) is 4.79 Å². The Kier molecular flexibility index (Phi) is 7.80. The van der Waals surface area contributed by atoms with Crippen molar-refractivity contribution in [2.24, 2.45) is 5.92 Å². The molecule has 0 radical (unpaired) electrons. The van der Waals surface area contributed by atoms with Crippen molar-refractivity contribution in [3.05, 3.63) is 58.5 Å². The average Bonchev–Trinajstić information content (AvgIpc) is 3.14. The zero-order valence-corrected chi connectivity index (χ0v) is 21.1. The number of rotatable bonds is 9. The van der Waals surface area contributed by atoms with Crippen LogP contribution in [0, 0.1) is 12.8 Å². The molecule has 0 unspecified atom stereocenters. The van der Waals surface area contributed by atoms with Gasteiger partial charge in [-0.15, -0.1) is 4.73 Å². The molecule has 188 valence electrons. The van der Waals surface area contributed by atoms with Crippen molar-refractivity contribution < 1.29 is 14.4 Å². The lowest BCUT2D eigenvalue weighted by Crippen LogP contribution is -2.34. The molecule has 1 aliphatic rings. The maximum absolute atomic E-state index is 13.4. The van der Waals surface area contributed by atoms with Gasteiger partial charge in [0.2, 0.25) is 5.91 Å². The summed E-state index contributed by atoms with van der Waals surface area (Å²) in [6, 6.07) is 13.5. The van der Waals surface area contributed by atoms with E-state index < -0.39 is 0 Å². The molecule has 1 saturated carbocycles. The fourth-order valence-corrected chi connectivity index (χ4v) is 4.90. The highest BCUT2D eigenvalue weighted by atomic mass is 16.7. The smallest absolute Gasteiger partial charge is 0.362 e. The number of aromatic nitrogens is 2. The van der Waals surface area contributed by atoms with E-state index in [1.54, 1.807) is 7.11 Å². The van der Waals surface area contributed by atoms with Gasteiger partial charge in [-0.3, -0.25) is 9.36 Å². The highest BCUT2D eigenvalue weighted by Gasteiger charge is 2.30. The Morgan fingerprint density at radius 2 is 1.80 bits per heavy atom. The molecule has 2 aromatic carbocycles. The van der Waals surface area contributed by atoms with Crippen LogP contribution in [0.1, 0.15) is 43.7 Å². The van der Waals surface area contributed by atoms with E-state index in [9.17, 15) is 9.59 Å². The molecule has 0 atom stereocenters. The monoisotopic (exact) mass is 480 g/mol. The molecule has 0 bridgehead atoms. The summed E-state index contributed by atoms with van der Waals surface area (Å²) in [5, 5.41) is 3.03. The highest BCUT2D eigenvalue weighted by Crippen LogP contribution is 2.34. The average molecular weight is 481 g/mol. The first-order valence-electron chi connectivity index (χ1n) is 12.3. The molecule has 1 aromatic heterocycles. The number of fused-ring (bicyclic) bond motifs is 1. The van der Waals surface area contributed by atoms with Crippen molar-refractivity contribution >= 4 is 22.6 Å². The topological polar surface area (TPSA) is 77.7 Å². The maximum Gasteiger partial charge on any atom is 0.362 e. The number of anilines is 1. The summed E-state index contributed by atoms with van der Waals surface area (Å²) in [4.78, 5) is 34.3. The van der Waals surface area contributed by atoms with Crippen LogP contribution in [0.15, 0.2) is 47.3 Å². The number of nitrogens with one attached hydrogen (secondary N) is 1. The summed E-state index contributed by atoms with van der Waals surface area (Å²) < 4.78 is 8.67. The van der Waals surface area contributed by atoms with Crippen molar-refractivity contribution in [1.29, 1.82) is 0 Å². The van der Waals surface area contributed by atoms with Crippen LogP contribution in [0.3, 0.4) is 0 Å². The van der Waals surface area contributed by atoms with Gasteiger partial charge < -0.3 is 19.8 Å². The molecule has 8 heteroatoms. The molecule has 1 fully saturated rings. The Hall–Kier alpha value is -3.26. The molecule has 1 N–H and O–H groups in total. The lowest BCUT2D eigenvalue weighted by atomic mass is 9.85. The third kappa shape index (κ3) is 5.53. The first kappa shape index (κ1) is 24.9. The van der Waals surface area contributed by atoms with Gasteiger partial charge in [0.25, 0.3) is 0 Å². The summed E-state index contributed by atoms with van der Waals surface area (Å²) in [5.74, 6) is 0.699. The van der Waals surface area contributed by atoms with Crippen LogP contribution in [0.5, 0.6) is 5.75 Å². The molecule has 0 spiro atoms. The number of aryl methyl sites for hydroxylation is 1. The summed E-state index contributed by atoms with van der Waals surface area (Å²) >= 11 is 0. The number of carbonyl (C=O) groups excluding carboxylic acids is 1. The van der Waals surface area contributed by atoms with Gasteiger partial charge in [-0.05, 0) is 76.9 Å². The van der Waals surface area contributed by atoms with E-state index in [1.807, 2.05) is 68.1 Å². The molecule has 1 heterocycles. The van der Waals surface area contributed by atoms with Crippen molar-refractivity contribution in [1.82, 2.24) is 14.2 Å². The predicted molar refractivity (Wildman–Crippen MR) is 138 cm³/mol. The van der Waals surface area contributed by atoms with Crippen LogP contribution in [0.25, 0.3) is 11.0 Å². The van der Waals surface area contributed by atoms with Gasteiger partial charge in [-0.1, -0.05) is 18.2 Å². The quantitative estimate of drug-likeness (QED) is 0.471. The Labute approximate surface area is 206 Å². The number of para-hydroxylation sites is 2. The molecular formula is C27H36N4O4. The minimum Gasteiger partial charge on any atom is -0.496 e. The summed E-state index contributed by atoms with van der Waals surface area (Å²) in [6.07, 6.45) is 3.84. The number of methoxy groups -OCH3 is 1. The van der Waals surface area contributed by atoms with Gasteiger partial charge >= 0.3 is 5.69 Å². The second-order valence-corrected chi connectivity index (χ2v) is 9.60. The van der Waals surface area contributed by atoms with E-state index in [2.05, 4.69) is 10.2 Å². The SMILES string of the molecule is COc1cc(NC(=O)C2CCC(n3c(=O)n(OCCCN(C)C)c4ccccc43)CC2)ccc1C. The maximum atomic E-state index is 13.4. The van der Waals surface area contributed by atoms with Gasteiger partial charge in [0.15, 0.2) is 0 Å². The van der Waals surface area contributed by atoms with E-state index in [0.29, 0.717) is 6.61 Å². The predicted octanol–water partition coefficient (Wildman–Crippen LogP) is 3.87. The van der Waals surface area contributed by atoms with E-state index in [0.717, 1.165) is 66.7 Å². The molecule has 0 aliphatic heterocycles. The van der Waals surface area contributed by atoms with Gasteiger partial charge in [-0.2, -0.15) is 0 Å². The Bertz CT molecular complexity index is 1220. The van der Waals surface area contributed by atoms with Gasteiger partial charge in [-0.25, -0.2) is 4.79 Å². The van der Waals surface area contributed by atoms with Gasteiger partial charge in [0.1, 0.15) is 17.9 Å². The van der Waals surface area contributed by atoms with Crippen molar-refractivity contribution in [2.75, 3.05) is 39.7 Å². The van der Waals surface area contributed by atoms with Crippen LogP contribution in [-0.4, -0.2) is 54.5 Å². The number of amides is 1. The minimum atomic E-state index is -0.143. The van der Waals surface area contributed by atoms with E-state index in [-0.39, 0.29) is 23.6 Å². The summed E-state index contributed by atoms with van der Waals surface area (Å²) in [7, 11) is 5.67. The second-order valence-electron chi connectivity index (χ2n) is 9.60. The Morgan fingerprint density at radius 3 is 2.49 bits per heavy atom. The zero-order chi connectivity index (χ0) is 24.9. The largest absolute Gasteiger partial charge is 0.496 e. The molecule has 0 saturated heterocycles. The third-order valence-electron chi connectivity index (χ3n) is 6.82. The number of imidazole rings is 1. The molecule has 1 amide bonds. The number of ether oxygens (including phenoxy) is 1. The number of carbonyl (C=O) groups is 1. The number of benzene rings is 2. The normalized spacial score (nSPS) is 18.1. The molecular weight excluding hydrogens is 444 g/mol. The summed E-state index contributed by atoms with van der Waals surface area (Å²) in [5.41, 5.74) is 3.29. The summed E-state index contributed by atoms with van der Waals surface area (Å²) in [6.45, 7) is 3.34. The number of hydrogen-bond donors (Lipinski definition) is 1.